The van der Waals surface area contributed by atoms with Crippen molar-refractivity contribution in [3.63, 3.8) is 0 Å². The van der Waals surface area contributed by atoms with E-state index in [1.54, 1.807) is 12.1 Å². The van der Waals surface area contributed by atoms with Crippen LogP contribution >= 0.6 is 0 Å². The molecule has 0 saturated carbocycles. The molecule has 3 atom stereocenters. The minimum Gasteiger partial charge on any atom is -0.366 e. The van der Waals surface area contributed by atoms with Gasteiger partial charge in [-0.05, 0) is 56.1 Å². The number of urea groups is 1. The number of piperidine rings is 4. The minimum absolute atomic E-state index is 0.0494. The smallest absolute Gasteiger partial charge is 0.320 e. The molecule has 0 N–H and O–H groups in total. The molecule has 1 aromatic rings. The van der Waals surface area contributed by atoms with Crippen molar-refractivity contribution in [2.24, 2.45) is 17.8 Å². The van der Waals surface area contributed by atoms with E-state index in [1.807, 2.05) is 25.7 Å². The molecule has 5 saturated heterocycles. The van der Waals surface area contributed by atoms with Crippen molar-refractivity contribution in [1.82, 2.24) is 19.6 Å². The number of rotatable bonds is 2. The zero-order valence-electron chi connectivity index (χ0n) is 21.6. The molecule has 5 fully saturated rings. The fourth-order valence-electron chi connectivity index (χ4n) is 7.42. The van der Waals surface area contributed by atoms with Gasteiger partial charge in [0.1, 0.15) is 5.82 Å². The highest BCUT2D eigenvalue weighted by Crippen LogP contribution is 2.38. The van der Waals surface area contributed by atoms with E-state index in [0.717, 1.165) is 38.9 Å². The highest BCUT2D eigenvalue weighted by Gasteiger charge is 2.45. The number of nitrogens with zero attached hydrogens (tertiary/aromatic N) is 5. The fraction of sp³-hybridized carbons (Fsp3) is 0.679. The van der Waals surface area contributed by atoms with E-state index < -0.39 is 0 Å². The lowest BCUT2D eigenvalue weighted by atomic mass is 9.76. The maximum Gasteiger partial charge on any atom is 0.320 e. The van der Waals surface area contributed by atoms with Crippen LogP contribution in [0.3, 0.4) is 0 Å². The molecular formula is C28H38FN5O3. The Morgan fingerprint density at radius 2 is 1.59 bits per heavy atom. The number of likely N-dealkylation sites (tertiary alicyclic amines) is 2. The molecule has 0 radical (unpaired) electrons. The van der Waals surface area contributed by atoms with Crippen LogP contribution in [-0.2, 0) is 9.59 Å². The van der Waals surface area contributed by atoms with Crippen molar-refractivity contribution in [1.29, 1.82) is 0 Å². The quantitative estimate of drug-likeness (QED) is 0.612. The summed E-state index contributed by atoms with van der Waals surface area (Å²) in [6, 6.07) is 7.21. The molecule has 5 aliphatic rings. The van der Waals surface area contributed by atoms with Gasteiger partial charge in [0.2, 0.25) is 11.8 Å². The van der Waals surface area contributed by atoms with Crippen molar-refractivity contribution in [2.45, 2.75) is 44.6 Å². The van der Waals surface area contributed by atoms with E-state index in [2.05, 4.69) is 4.90 Å². The molecule has 0 unspecified atom stereocenters. The largest absolute Gasteiger partial charge is 0.366 e. The highest BCUT2D eigenvalue weighted by molar-refractivity contribution is 5.80. The van der Waals surface area contributed by atoms with Crippen molar-refractivity contribution in [2.75, 3.05) is 63.8 Å². The molecule has 5 aliphatic heterocycles. The van der Waals surface area contributed by atoms with Gasteiger partial charge in [-0.25, -0.2) is 9.18 Å². The van der Waals surface area contributed by atoms with Gasteiger partial charge in [0.05, 0.1) is 5.69 Å². The number of hydrogen-bond acceptors (Lipinski definition) is 4. The molecule has 200 valence electrons. The van der Waals surface area contributed by atoms with E-state index >= 15 is 0 Å². The number of carbonyl (C=O) groups excluding carboxylic acids is 3. The second-order valence-electron chi connectivity index (χ2n) is 11.6. The molecule has 0 aliphatic carbocycles. The average molecular weight is 512 g/mol. The summed E-state index contributed by atoms with van der Waals surface area (Å²) >= 11 is 0. The van der Waals surface area contributed by atoms with Gasteiger partial charge < -0.3 is 24.5 Å². The number of carbonyl (C=O) groups is 3. The number of benzene rings is 1. The van der Waals surface area contributed by atoms with Crippen LogP contribution in [-0.4, -0.2) is 102 Å². The number of fused-ring (bicyclic) bond motifs is 4. The third-order valence-electron chi connectivity index (χ3n) is 9.35. The molecule has 4 amide bonds. The minimum atomic E-state index is -0.221. The van der Waals surface area contributed by atoms with Crippen LogP contribution in [0.5, 0.6) is 0 Å². The Morgan fingerprint density at radius 3 is 2.35 bits per heavy atom. The number of para-hydroxylation sites is 1. The standard InChI is InChI=1S/C28H38FN5O3/c29-23-4-1-2-5-25(23)30-12-14-31(15-13-30)27(36)21-8-10-32(11-9-21)28(37)33-17-20-16-22(19-33)24-6-3-7-26(35)34(24)18-20/h1-2,4-5,20-22,24H,3,6-19H2/t20-,22+,24+/m0/s1. The highest BCUT2D eigenvalue weighted by atomic mass is 19.1. The predicted molar refractivity (Wildman–Crippen MR) is 137 cm³/mol. The van der Waals surface area contributed by atoms with Gasteiger partial charge in [-0.3, -0.25) is 9.59 Å². The Hall–Kier alpha value is -2.84. The molecule has 9 heteroatoms. The monoisotopic (exact) mass is 511 g/mol. The van der Waals surface area contributed by atoms with E-state index in [4.69, 9.17) is 0 Å². The van der Waals surface area contributed by atoms with Crippen molar-refractivity contribution < 1.29 is 18.8 Å². The van der Waals surface area contributed by atoms with Crippen molar-refractivity contribution in [3.05, 3.63) is 30.1 Å². The SMILES string of the molecule is O=C(C1CCN(C(=O)N2C[C@@H]3C[C@H](C2)[C@H]2CCCC(=O)N2C3)CC1)N1CCN(c2ccccc2F)CC1. The van der Waals surface area contributed by atoms with Gasteiger partial charge in [-0.15, -0.1) is 0 Å². The van der Waals surface area contributed by atoms with Crippen LogP contribution in [0.15, 0.2) is 24.3 Å². The zero-order valence-corrected chi connectivity index (χ0v) is 21.6. The maximum atomic E-state index is 14.1. The molecule has 5 heterocycles. The van der Waals surface area contributed by atoms with Crippen LogP contribution in [0, 0.1) is 23.6 Å². The van der Waals surface area contributed by atoms with Crippen LogP contribution in [0.25, 0.3) is 0 Å². The summed E-state index contributed by atoms with van der Waals surface area (Å²) in [5, 5.41) is 0. The van der Waals surface area contributed by atoms with Crippen LogP contribution in [0.2, 0.25) is 0 Å². The molecule has 6 rings (SSSR count). The first kappa shape index (κ1) is 24.5. The number of piperazine rings is 1. The summed E-state index contributed by atoms with van der Waals surface area (Å²) in [6.07, 6.45) is 5.22. The van der Waals surface area contributed by atoms with Crippen LogP contribution in [0.4, 0.5) is 14.9 Å². The summed E-state index contributed by atoms with van der Waals surface area (Å²) in [6.45, 7) is 5.97. The van der Waals surface area contributed by atoms with Gasteiger partial charge >= 0.3 is 6.03 Å². The second-order valence-corrected chi connectivity index (χ2v) is 11.6. The van der Waals surface area contributed by atoms with E-state index in [0.29, 0.717) is 88.0 Å². The average Bonchev–Trinajstić information content (AvgIpc) is 2.93. The first-order valence-electron chi connectivity index (χ1n) is 14.1. The van der Waals surface area contributed by atoms with Gasteiger partial charge in [0, 0.05) is 77.3 Å². The molecule has 0 aromatic heterocycles. The molecule has 0 spiro atoms. The van der Waals surface area contributed by atoms with E-state index in [1.165, 1.54) is 6.07 Å². The van der Waals surface area contributed by atoms with Gasteiger partial charge in [-0.2, -0.15) is 0 Å². The lowest BCUT2D eigenvalue weighted by Gasteiger charge is -2.53. The summed E-state index contributed by atoms with van der Waals surface area (Å²) in [5.74, 6) is 0.972. The predicted octanol–water partition coefficient (Wildman–Crippen LogP) is 2.64. The maximum absolute atomic E-state index is 14.1. The Morgan fingerprint density at radius 1 is 0.838 bits per heavy atom. The topological polar surface area (TPSA) is 67.4 Å². The van der Waals surface area contributed by atoms with E-state index in [-0.39, 0.29) is 23.7 Å². The summed E-state index contributed by atoms with van der Waals surface area (Å²) < 4.78 is 14.1. The van der Waals surface area contributed by atoms with Gasteiger partial charge in [-0.1, -0.05) is 12.1 Å². The zero-order chi connectivity index (χ0) is 25.5. The fourth-order valence-corrected chi connectivity index (χ4v) is 7.42. The van der Waals surface area contributed by atoms with E-state index in [9.17, 15) is 18.8 Å². The Bertz CT molecular complexity index is 1040. The first-order chi connectivity index (χ1) is 18.0. The number of halogens is 1. The molecule has 1 aromatic carbocycles. The summed E-state index contributed by atoms with van der Waals surface area (Å²) in [5.41, 5.74) is 0.603. The van der Waals surface area contributed by atoms with Crippen LogP contribution in [0.1, 0.15) is 38.5 Å². The van der Waals surface area contributed by atoms with Gasteiger partial charge in [0.25, 0.3) is 0 Å². The lowest BCUT2D eigenvalue weighted by molar-refractivity contribution is -0.144. The number of amides is 4. The molecule has 37 heavy (non-hydrogen) atoms. The second kappa shape index (κ2) is 10.1. The molecular weight excluding hydrogens is 473 g/mol. The van der Waals surface area contributed by atoms with Gasteiger partial charge in [0.15, 0.2) is 0 Å². The summed E-state index contributed by atoms with van der Waals surface area (Å²) in [4.78, 5) is 49.1. The molecule has 2 bridgehead atoms. The molecule has 8 nitrogen and oxygen atoms in total. The van der Waals surface area contributed by atoms with Crippen molar-refractivity contribution in [3.8, 4) is 0 Å². The first-order valence-corrected chi connectivity index (χ1v) is 14.1. The summed E-state index contributed by atoms with van der Waals surface area (Å²) in [7, 11) is 0. The number of anilines is 1. The third kappa shape index (κ3) is 4.77. The Balaban J connectivity index is 0.991. The lowest BCUT2D eigenvalue weighted by Crippen LogP contribution is -2.62. The normalized spacial score (nSPS) is 28.8. The number of hydrogen-bond donors (Lipinski definition) is 0. The third-order valence-corrected chi connectivity index (χ3v) is 9.35. The Kier molecular flexibility index (Phi) is 6.71. The van der Waals surface area contributed by atoms with Crippen molar-refractivity contribution >= 4 is 23.5 Å². The van der Waals surface area contributed by atoms with Crippen LogP contribution < -0.4 is 4.90 Å². The Labute approximate surface area is 218 Å².